The number of pyridine rings is 2. The fourth-order valence-electron chi connectivity index (χ4n) is 2.60. The van der Waals surface area contributed by atoms with Gasteiger partial charge in [0.05, 0.1) is 0 Å². The number of anilines is 1. The van der Waals surface area contributed by atoms with E-state index in [1.54, 1.807) is 12.4 Å². The fraction of sp³-hybridized carbons (Fsp3) is 0.0556. The molecule has 0 fully saturated rings. The van der Waals surface area contributed by atoms with Crippen LogP contribution in [0.1, 0.15) is 11.3 Å². The average molecular weight is 286 g/mol. The molecule has 22 heavy (non-hydrogen) atoms. The Labute approximate surface area is 128 Å². The van der Waals surface area contributed by atoms with Crippen molar-refractivity contribution < 1.29 is 0 Å². The zero-order valence-electron chi connectivity index (χ0n) is 12.1. The second kappa shape index (κ2) is 5.66. The summed E-state index contributed by atoms with van der Waals surface area (Å²) in [7, 11) is 0. The van der Waals surface area contributed by atoms with Gasteiger partial charge in [-0.05, 0) is 30.2 Å². The number of hydrogen-bond donors (Lipinski definition) is 1. The minimum Gasteiger partial charge on any atom is -0.383 e. The van der Waals surface area contributed by atoms with E-state index in [4.69, 9.17) is 5.73 Å². The molecule has 2 heterocycles. The van der Waals surface area contributed by atoms with E-state index in [9.17, 15) is 5.26 Å². The van der Waals surface area contributed by atoms with E-state index in [1.807, 2.05) is 49.4 Å². The number of nitrogen functional groups attached to an aromatic ring is 1. The van der Waals surface area contributed by atoms with Gasteiger partial charge < -0.3 is 5.73 Å². The molecule has 4 heteroatoms. The highest BCUT2D eigenvalue weighted by Crippen LogP contribution is 2.38. The number of aryl methyl sites for hydroxylation is 1. The van der Waals surface area contributed by atoms with Crippen LogP contribution < -0.4 is 5.73 Å². The van der Waals surface area contributed by atoms with Crippen LogP contribution in [0.25, 0.3) is 22.3 Å². The molecule has 0 amide bonds. The number of aromatic nitrogens is 2. The summed E-state index contributed by atoms with van der Waals surface area (Å²) in [6, 6.07) is 15.8. The highest BCUT2D eigenvalue weighted by atomic mass is 14.8. The quantitative estimate of drug-likeness (QED) is 0.781. The standard InChI is InChI=1S/C18H14N4/c1-12-16(14-7-9-21-10-8-14)17(13-5-3-2-4-6-13)15(11-19)18(20)22-12/h2-10H,1H3,(H2,20,22). The summed E-state index contributed by atoms with van der Waals surface area (Å²) in [6.07, 6.45) is 3.46. The molecular formula is C18H14N4. The van der Waals surface area contributed by atoms with Crippen molar-refractivity contribution in [1.29, 1.82) is 5.26 Å². The molecule has 0 aliphatic rings. The molecule has 0 spiro atoms. The van der Waals surface area contributed by atoms with Gasteiger partial charge in [-0.2, -0.15) is 5.26 Å². The number of nitrogens with two attached hydrogens (primary N) is 1. The van der Waals surface area contributed by atoms with Crippen LogP contribution in [0.2, 0.25) is 0 Å². The zero-order chi connectivity index (χ0) is 15.5. The SMILES string of the molecule is Cc1nc(N)c(C#N)c(-c2ccccc2)c1-c1ccncc1. The van der Waals surface area contributed by atoms with Gasteiger partial charge in [0.2, 0.25) is 0 Å². The largest absolute Gasteiger partial charge is 0.383 e. The lowest BCUT2D eigenvalue weighted by atomic mass is 9.90. The highest BCUT2D eigenvalue weighted by Gasteiger charge is 2.19. The number of nitrogens with zero attached hydrogens (tertiary/aromatic N) is 3. The van der Waals surface area contributed by atoms with E-state index in [2.05, 4.69) is 16.0 Å². The lowest BCUT2D eigenvalue weighted by Gasteiger charge is -2.16. The highest BCUT2D eigenvalue weighted by molar-refractivity contribution is 5.90. The molecule has 2 aromatic heterocycles. The minimum atomic E-state index is 0.261. The van der Waals surface area contributed by atoms with E-state index in [1.165, 1.54) is 0 Å². The normalized spacial score (nSPS) is 10.2. The summed E-state index contributed by atoms with van der Waals surface area (Å²) in [5.41, 5.74) is 10.8. The first-order valence-electron chi connectivity index (χ1n) is 6.88. The Morgan fingerprint density at radius 2 is 1.59 bits per heavy atom. The Balaban J connectivity index is 2.42. The van der Waals surface area contributed by atoms with Gasteiger partial charge in [0.25, 0.3) is 0 Å². The van der Waals surface area contributed by atoms with Crippen LogP contribution in [0.3, 0.4) is 0 Å². The van der Waals surface area contributed by atoms with E-state index >= 15 is 0 Å². The number of rotatable bonds is 2. The summed E-state index contributed by atoms with van der Waals surface area (Å²) in [5.74, 6) is 0.261. The van der Waals surface area contributed by atoms with E-state index in [-0.39, 0.29) is 5.82 Å². The third-order valence-corrected chi connectivity index (χ3v) is 3.55. The van der Waals surface area contributed by atoms with Crippen molar-refractivity contribution in [2.75, 3.05) is 5.73 Å². The summed E-state index contributed by atoms with van der Waals surface area (Å²) in [5, 5.41) is 9.54. The molecule has 1 aromatic carbocycles. The lowest BCUT2D eigenvalue weighted by molar-refractivity contribution is 1.20. The monoisotopic (exact) mass is 286 g/mol. The van der Waals surface area contributed by atoms with Gasteiger partial charge in [0.15, 0.2) is 0 Å². The van der Waals surface area contributed by atoms with Crippen molar-refractivity contribution in [2.24, 2.45) is 0 Å². The predicted molar refractivity (Wildman–Crippen MR) is 86.8 cm³/mol. The fourth-order valence-corrected chi connectivity index (χ4v) is 2.60. The van der Waals surface area contributed by atoms with E-state index in [0.717, 1.165) is 27.9 Å². The van der Waals surface area contributed by atoms with Crippen LogP contribution in [0.15, 0.2) is 54.9 Å². The molecule has 4 nitrogen and oxygen atoms in total. The molecule has 3 aromatic rings. The van der Waals surface area contributed by atoms with Crippen molar-refractivity contribution in [3.8, 4) is 28.3 Å². The van der Waals surface area contributed by atoms with Gasteiger partial charge in [0.1, 0.15) is 17.5 Å². The van der Waals surface area contributed by atoms with E-state index in [0.29, 0.717) is 5.56 Å². The molecule has 2 N–H and O–H groups in total. The minimum absolute atomic E-state index is 0.261. The Bertz CT molecular complexity index is 850. The second-order valence-electron chi connectivity index (χ2n) is 4.92. The van der Waals surface area contributed by atoms with Crippen LogP contribution >= 0.6 is 0 Å². The van der Waals surface area contributed by atoms with Crippen LogP contribution in [-0.4, -0.2) is 9.97 Å². The Hall–Kier alpha value is -3.19. The molecule has 0 unspecified atom stereocenters. The van der Waals surface area contributed by atoms with E-state index < -0.39 is 0 Å². The van der Waals surface area contributed by atoms with Gasteiger partial charge in [-0.1, -0.05) is 30.3 Å². The van der Waals surface area contributed by atoms with Gasteiger partial charge >= 0.3 is 0 Å². The summed E-state index contributed by atoms with van der Waals surface area (Å²) in [6.45, 7) is 1.90. The maximum Gasteiger partial charge on any atom is 0.142 e. The molecule has 0 bridgehead atoms. The maximum atomic E-state index is 9.54. The maximum absolute atomic E-state index is 9.54. The molecule has 0 saturated heterocycles. The van der Waals surface area contributed by atoms with Gasteiger partial charge in [-0.25, -0.2) is 4.98 Å². The molecule has 106 valence electrons. The Kier molecular flexibility index (Phi) is 3.55. The van der Waals surface area contributed by atoms with Crippen LogP contribution in [-0.2, 0) is 0 Å². The summed E-state index contributed by atoms with van der Waals surface area (Å²) >= 11 is 0. The lowest BCUT2D eigenvalue weighted by Crippen LogP contribution is -2.03. The summed E-state index contributed by atoms with van der Waals surface area (Å²) in [4.78, 5) is 8.39. The van der Waals surface area contributed by atoms with Gasteiger partial charge in [-0.15, -0.1) is 0 Å². The van der Waals surface area contributed by atoms with Crippen LogP contribution in [0.4, 0.5) is 5.82 Å². The van der Waals surface area contributed by atoms with Crippen molar-refractivity contribution in [3.63, 3.8) is 0 Å². The summed E-state index contributed by atoms with van der Waals surface area (Å²) < 4.78 is 0. The van der Waals surface area contributed by atoms with Crippen LogP contribution in [0.5, 0.6) is 0 Å². The van der Waals surface area contributed by atoms with Crippen LogP contribution in [0, 0.1) is 18.3 Å². The Morgan fingerprint density at radius 3 is 2.23 bits per heavy atom. The number of hydrogen-bond acceptors (Lipinski definition) is 4. The number of benzene rings is 1. The predicted octanol–water partition coefficient (Wildman–Crippen LogP) is 3.57. The molecule has 3 rings (SSSR count). The smallest absolute Gasteiger partial charge is 0.142 e. The number of nitriles is 1. The van der Waals surface area contributed by atoms with Gasteiger partial charge in [-0.3, -0.25) is 4.98 Å². The molecule has 0 aliphatic heterocycles. The van der Waals surface area contributed by atoms with Crippen molar-refractivity contribution >= 4 is 5.82 Å². The molecule has 0 radical (unpaired) electrons. The molecular weight excluding hydrogens is 272 g/mol. The van der Waals surface area contributed by atoms with Crippen molar-refractivity contribution in [3.05, 3.63) is 66.1 Å². The third-order valence-electron chi connectivity index (χ3n) is 3.55. The Morgan fingerprint density at radius 1 is 0.955 bits per heavy atom. The van der Waals surface area contributed by atoms with Crippen molar-refractivity contribution in [1.82, 2.24) is 9.97 Å². The first kappa shape index (κ1) is 13.8. The molecule has 0 aliphatic carbocycles. The first-order chi connectivity index (χ1) is 10.7. The zero-order valence-corrected chi connectivity index (χ0v) is 12.1. The van der Waals surface area contributed by atoms with Gasteiger partial charge in [0, 0.05) is 29.2 Å². The topological polar surface area (TPSA) is 75.6 Å². The first-order valence-corrected chi connectivity index (χ1v) is 6.88. The molecule has 0 saturated carbocycles. The third kappa shape index (κ3) is 2.29. The average Bonchev–Trinajstić information content (AvgIpc) is 2.56. The second-order valence-corrected chi connectivity index (χ2v) is 4.92. The molecule has 0 atom stereocenters. The van der Waals surface area contributed by atoms with Crippen molar-refractivity contribution in [2.45, 2.75) is 6.92 Å².